The van der Waals surface area contributed by atoms with Gasteiger partial charge in [0.2, 0.25) is 0 Å². The topological polar surface area (TPSA) is 87.1 Å². The van der Waals surface area contributed by atoms with Gasteiger partial charge in [-0.15, -0.1) is 10.2 Å². The summed E-state index contributed by atoms with van der Waals surface area (Å²) in [6, 6.07) is 3.41. The van der Waals surface area contributed by atoms with Gasteiger partial charge < -0.3 is 15.7 Å². The average Bonchev–Trinajstić information content (AvgIpc) is 2.54. The number of aliphatic hydroxyl groups excluding tert-OH is 1. The lowest BCUT2D eigenvalue weighted by molar-refractivity contribution is 0.0942. The van der Waals surface area contributed by atoms with Crippen LogP contribution in [0, 0.1) is 5.41 Å². The van der Waals surface area contributed by atoms with Crippen molar-refractivity contribution in [3.8, 4) is 0 Å². The Morgan fingerprint density at radius 1 is 1.29 bits per heavy atom. The fraction of sp³-hybridized carbons (Fsp3) is 0.667. The second kappa shape index (κ2) is 7.36. The molecule has 116 valence electrons. The Balaban J connectivity index is 1.92. The lowest BCUT2D eigenvalue weighted by Gasteiger charge is -2.35. The van der Waals surface area contributed by atoms with Crippen molar-refractivity contribution in [3.05, 3.63) is 17.8 Å². The zero-order valence-electron chi connectivity index (χ0n) is 12.6. The highest BCUT2D eigenvalue weighted by molar-refractivity contribution is 5.92. The molecule has 0 spiro atoms. The molecule has 0 unspecified atom stereocenters. The number of hydrogen-bond donors (Lipinski definition) is 3. The molecular formula is C15H24N4O2. The summed E-state index contributed by atoms with van der Waals surface area (Å²) in [7, 11) is 0. The van der Waals surface area contributed by atoms with Gasteiger partial charge in [-0.1, -0.05) is 19.3 Å². The fourth-order valence-corrected chi connectivity index (χ4v) is 2.77. The van der Waals surface area contributed by atoms with Crippen LogP contribution in [-0.2, 0) is 0 Å². The molecule has 1 aliphatic carbocycles. The molecule has 0 bridgehead atoms. The molecule has 1 aliphatic rings. The quantitative estimate of drug-likeness (QED) is 0.741. The summed E-state index contributed by atoms with van der Waals surface area (Å²) >= 11 is 0. The lowest BCUT2D eigenvalue weighted by atomic mass is 9.74. The maximum atomic E-state index is 11.6. The van der Waals surface area contributed by atoms with E-state index in [0.717, 1.165) is 12.8 Å². The minimum absolute atomic E-state index is 0.0435. The number of aliphatic hydroxyl groups is 1. The molecule has 0 saturated heterocycles. The van der Waals surface area contributed by atoms with E-state index < -0.39 is 0 Å². The van der Waals surface area contributed by atoms with Crippen LogP contribution in [-0.4, -0.2) is 40.9 Å². The van der Waals surface area contributed by atoms with E-state index in [1.807, 2.05) is 6.92 Å². The minimum atomic E-state index is -0.212. The van der Waals surface area contributed by atoms with E-state index in [1.54, 1.807) is 12.1 Å². The van der Waals surface area contributed by atoms with Crippen molar-refractivity contribution in [1.82, 2.24) is 15.5 Å². The number of nitrogens with one attached hydrogen (secondary N) is 2. The van der Waals surface area contributed by atoms with Crippen molar-refractivity contribution in [2.24, 2.45) is 5.41 Å². The molecule has 21 heavy (non-hydrogen) atoms. The van der Waals surface area contributed by atoms with Crippen molar-refractivity contribution in [2.45, 2.75) is 39.0 Å². The molecule has 1 saturated carbocycles. The lowest BCUT2D eigenvalue weighted by Crippen LogP contribution is -2.35. The molecule has 1 fully saturated rings. The molecular weight excluding hydrogens is 268 g/mol. The van der Waals surface area contributed by atoms with Crippen LogP contribution >= 0.6 is 0 Å². The van der Waals surface area contributed by atoms with Crippen LogP contribution < -0.4 is 10.6 Å². The monoisotopic (exact) mass is 292 g/mol. The normalized spacial score (nSPS) is 17.2. The van der Waals surface area contributed by atoms with Crippen LogP contribution in [0.5, 0.6) is 0 Å². The Bertz CT molecular complexity index is 455. The Morgan fingerprint density at radius 2 is 2.05 bits per heavy atom. The third kappa shape index (κ3) is 4.14. The van der Waals surface area contributed by atoms with Crippen molar-refractivity contribution in [2.75, 3.05) is 25.0 Å². The van der Waals surface area contributed by atoms with E-state index in [4.69, 9.17) is 0 Å². The highest BCUT2D eigenvalue weighted by Crippen LogP contribution is 2.35. The van der Waals surface area contributed by atoms with Gasteiger partial charge in [-0.25, -0.2) is 0 Å². The van der Waals surface area contributed by atoms with Crippen LogP contribution in [0.15, 0.2) is 12.1 Å². The molecule has 6 heteroatoms. The molecule has 0 aromatic carbocycles. The Labute approximate surface area is 125 Å². The molecule has 0 aliphatic heterocycles. The number of nitrogens with zero attached hydrogens (tertiary/aromatic N) is 2. The number of hydrogen-bond acceptors (Lipinski definition) is 5. The number of rotatable bonds is 6. The van der Waals surface area contributed by atoms with Crippen molar-refractivity contribution < 1.29 is 9.90 Å². The van der Waals surface area contributed by atoms with Crippen LogP contribution in [0.2, 0.25) is 0 Å². The molecule has 3 N–H and O–H groups in total. The number of carbonyl (C=O) groups is 1. The first-order chi connectivity index (χ1) is 10.2. The molecule has 0 atom stereocenters. The van der Waals surface area contributed by atoms with Crippen LogP contribution in [0.4, 0.5) is 5.82 Å². The largest absolute Gasteiger partial charge is 0.396 e. The smallest absolute Gasteiger partial charge is 0.271 e. The van der Waals surface area contributed by atoms with E-state index in [9.17, 15) is 9.90 Å². The summed E-state index contributed by atoms with van der Waals surface area (Å²) in [5.74, 6) is 0.428. The van der Waals surface area contributed by atoms with E-state index in [2.05, 4.69) is 20.8 Å². The number of amides is 1. The zero-order chi connectivity index (χ0) is 15.1. The maximum absolute atomic E-state index is 11.6. The third-order valence-corrected chi connectivity index (χ3v) is 4.13. The van der Waals surface area contributed by atoms with Gasteiger partial charge in [0.15, 0.2) is 5.69 Å². The number of carbonyl (C=O) groups excluding carboxylic acids is 1. The van der Waals surface area contributed by atoms with E-state index in [-0.39, 0.29) is 17.9 Å². The fourth-order valence-electron chi connectivity index (χ4n) is 2.77. The summed E-state index contributed by atoms with van der Waals surface area (Å²) < 4.78 is 0. The van der Waals surface area contributed by atoms with Crippen LogP contribution in [0.25, 0.3) is 0 Å². The highest BCUT2D eigenvalue weighted by Gasteiger charge is 2.31. The van der Waals surface area contributed by atoms with E-state index in [0.29, 0.717) is 24.6 Å². The van der Waals surface area contributed by atoms with Gasteiger partial charge in [-0.2, -0.15) is 0 Å². The van der Waals surface area contributed by atoms with Gasteiger partial charge >= 0.3 is 0 Å². The zero-order valence-corrected chi connectivity index (χ0v) is 12.6. The first-order valence-electron chi connectivity index (χ1n) is 7.66. The standard InChI is InChI=1S/C15H24N4O2/c1-2-16-14(21)12-6-7-13(19-18-12)17-10-15(11-20)8-4-3-5-9-15/h6-7,20H,2-5,8-11H2,1H3,(H,16,21)(H,17,19). The van der Waals surface area contributed by atoms with Crippen LogP contribution in [0.3, 0.4) is 0 Å². The summed E-state index contributed by atoms with van der Waals surface area (Å²) in [5.41, 5.74) is 0.273. The highest BCUT2D eigenvalue weighted by atomic mass is 16.3. The maximum Gasteiger partial charge on any atom is 0.271 e. The number of aromatic nitrogens is 2. The summed E-state index contributed by atoms with van der Waals surface area (Å²) in [4.78, 5) is 11.6. The second-order valence-electron chi connectivity index (χ2n) is 5.74. The molecule has 0 radical (unpaired) electrons. The van der Waals surface area contributed by atoms with Crippen molar-refractivity contribution in [3.63, 3.8) is 0 Å². The second-order valence-corrected chi connectivity index (χ2v) is 5.74. The first-order valence-corrected chi connectivity index (χ1v) is 7.66. The molecule has 1 aromatic rings. The predicted molar refractivity (Wildman–Crippen MR) is 81.1 cm³/mol. The molecule has 1 amide bonds. The Morgan fingerprint density at radius 3 is 2.62 bits per heavy atom. The van der Waals surface area contributed by atoms with Crippen LogP contribution in [0.1, 0.15) is 49.5 Å². The Kier molecular flexibility index (Phi) is 5.50. The third-order valence-electron chi connectivity index (χ3n) is 4.13. The van der Waals surface area contributed by atoms with Crippen molar-refractivity contribution >= 4 is 11.7 Å². The summed E-state index contributed by atoms with van der Waals surface area (Å²) in [6.07, 6.45) is 5.68. The molecule has 1 heterocycles. The summed E-state index contributed by atoms with van der Waals surface area (Å²) in [6.45, 7) is 3.32. The van der Waals surface area contributed by atoms with Gasteiger partial charge in [-0.3, -0.25) is 4.79 Å². The van der Waals surface area contributed by atoms with E-state index in [1.165, 1.54) is 19.3 Å². The van der Waals surface area contributed by atoms with Gasteiger partial charge in [0.25, 0.3) is 5.91 Å². The molecule has 1 aromatic heterocycles. The molecule has 6 nitrogen and oxygen atoms in total. The van der Waals surface area contributed by atoms with Gasteiger partial charge in [0.05, 0.1) is 6.61 Å². The van der Waals surface area contributed by atoms with Gasteiger partial charge in [0, 0.05) is 18.5 Å². The summed E-state index contributed by atoms with van der Waals surface area (Å²) in [5, 5.41) is 23.5. The van der Waals surface area contributed by atoms with Crippen molar-refractivity contribution in [1.29, 1.82) is 0 Å². The van der Waals surface area contributed by atoms with Gasteiger partial charge in [0.1, 0.15) is 5.82 Å². The van der Waals surface area contributed by atoms with E-state index >= 15 is 0 Å². The minimum Gasteiger partial charge on any atom is -0.396 e. The Hall–Kier alpha value is -1.69. The predicted octanol–water partition coefficient (Wildman–Crippen LogP) is 1.58. The van der Waals surface area contributed by atoms with Gasteiger partial charge in [-0.05, 0) is 31.9 Å². The average molecular weight is 292 g/mol. The number of anilines is 1. The SMILES string of the molecule is CCNC(=O)c1ccc(NCC2(CO)CCCCC2)nn1. The first kappa shape index (κ1) is 15.7. The molecule has 2 rings (SSSR count).